The molecule has 0 spiro atoms. The van der Waals surface area contributed by atoms with E-state index in [1.807, 2.05) is 13.8 Å². The second-order valence-electron chi connectivity index (χ2n) is 6.61. The van der Waals surface area contributed by atoms with Crippen LogP contribution in [0.5, 0.6) is 0 Å². The summed E-state index contributed by atoms with van der Waals surface area (Å²) < 4.78 is 9.38. The van der Waals surface area contributed by atoms with Crippen molar-refractivity contribution in [1.82, 2.24) is 23.7 Å². The summed E-state index contributed by atoms with van der Waals surface area (Å²) in [6.07, 6.45) is 2.99. The Hall–Kier alpha value is -3.23. The average molecular weight is 371 g/mol. The zero-order chi connectivity index (χ0) is 19.6. The van der Waals surface area contributed by atoms with E-state index in [9.17, 15) is 14.4 Å². The summed E-state index contributed by atoms with van der Waals surface area (Å²) in [6, 6.07) is 4.97. The number of hydrogen-bond donors (Lipinski definition) is 0. The molecule has 0 unspecified atom stereocenters. The van der Waals surface area contributed by atoms with Crippen molar-refractivity contribution in [3.8, 4) is 0 Å². The van der Waals surface area contributed by atoms with Crippen LogP contribution < -0.4 is 11.2 Å². The Balaban J connectivity index is 1.86. The van der Waals surface area contributed by atoms with E-state index in [2.05, 4.69) is 9.97 Å². The van der Waals surface area contributed by atoms with E-state index in [1.165, 1.54) is 24.1 Å². The van der Waals surface area contributed by atoms with Crippen LogP contribution in [0.15, 0.2) is 40.3 Å². The lowest BCUT2D eigenvalue weighted by atomic mass is 10.2. The number of esters is 1. The van der Waals surface area contributed by atoms with Crippen LogP contribution in [0.1, 0.15) is 24.3 Å². The molecule has 3 aromatic heterocycles. The van der Waals surface area contributed by atoms with Gasteiger partial charge in [0.05, 0.1) is 12.9 Å². The van der Waals surface area contributed by atoms with Crippen molar-refractivity contribution >= 4 is 17.1 Å². The van der Waals surface area contributed by atoms with Gasteiger partial charge in [-0.1, -0.05) is 19.9 Å². The van der Waals surface area contributed by atoms with Crippen LogP contribution in [0.25, 0.3) is 11.2 Å². The Bertz CT molecular complexity index is 1080. The first-order chi connectivity index (χ1) is 12.9. The van der Waals surface area contributed by atoms with Gasteiger partial charge in [-0.2, -0.15) is 0 Å². The molecule has 0 aliphatic heterocycles. The maximum Gasteiger partial charge on any atom is 0.356 e. The quantitative estimate of drug-likeness (QED) is 0.594. The first-order valence-corrected chi connectivity index (χ1v) is 8.63. The minimum Gasteiger partial charge on any atom is -0.459 e. The lowest BCUT2D eigenvalue weighted by Gasteiger charge is -2.12. The van der Waals surface area contributed by atoms with E-state index in [0.717, 1.165) is 4.57 Å². The van der Waals surface area contributed by atoms with Crippen LogP contribution >= 0.6 is 0 Å². The van der Waals surface area contributed by atoms with Gasteiger partial charge in [-0.15, -0.1) is 0 Å². The molecule has 0 N–H and O–H groups in total. The molecular weight excluding hydrogens is 350 g/mol. The SMILES string of the molecule is CC(C)Cn1c(=O)n(C)c(=O)c2c1ncn2CCOC(=O)c1ccccn1. The smallest absolute Gasteiger partial charge is 0.356 e. The highest BCUT2D eigenvalue weighted by atomic mass is 16.5. The monoisotopic (exact) mass is 371 g/mol. The predicted molar refractivity (Wildman–Crippen MR) is 98.6 cm³/mol. The minimum atomic E-state index is -0.537. The van der Waals surface area contributed by atoms with Crippen LogP contribution in [0.2, 0.25) is 0 Å². The highest BCUT2D eigenvalue weighted by Crippen LogP contribution is 2.09. The number of aromatic nitrogens is 5. The molecule has 0 aliphatic rings. The van der Waals surface area contributed by atoms with E-state index >= 15 is 0 Å². The summed E-state index contributed by atoms with van der Waals surface area (Å²) in [6.45, 7) is 4.71. The molecule has 0 saturated carbocycles. The number of pyridine rings is 1. The summed E-state index contributed by atoms with van der Waals surface area (Å²) in [5.41, 5.74) is 0.0470. The first-order valence-electron chi connectivity index (χ1n) is 8.63. The Morgan fingerprint density at radius 3 is 2.67 bits per heavy atom. The molecule has 0 saturated heterocycles. The second-order valence-corrected chi connectivity index (χ2v) is 6.61. The summed E-state index contributed by atoms with van der Waals surface area (Å²) in [7, 11) is 1.44. The van der Waals surface area contributed by atoms with Crippen LogP contribution in [-0.4, -0.2) is 36.2 Å². The van der Waals surface area contributed by atoms with E-state index in [1.54, 1.807) is 22.8 Å². The molecule has 0 radical (unpaired) electrons. The number of rotatable bonds is 6. The predicted octanol–water partition coefficient (Wildman–Crippen LogP) is 0.805. The lowest BCUT2D eigenvalue weighted by Crippen LogP contribution is -2.39. The number of carbonyl (C=O) groups excluding carboxylic acids is 1. The summed E-state index contributed by atoms with van der Waals surface area (Å²) in [5, 5.41) is 0. The van der Waals surface area contributed by atoms with Gasteiger partial charge in [-0.25, -0.2) is 19.6 Å². The molecule has 0 fully saturated rings. The molecule has 0 aliphatic carbocycles. The molecule has 0 bridgehead atoms. The zero-order valence-electron chi connectivity index (χ0n) is 15.5. The number of nitrogens with zero attached hydrogens (tertiary/aromatic N) is 5. The summed E-state index contributed by atoms with van der Waals surface area (Å²) in [5.74, 6) is -0.322. The highest BCUT2D eigenvalue weighted by Gasteiger charge is 2.17. The van der Waals surface area contributed by atoms with Gasteiger partial charge in [0, 0.05) is 19.8 Å². The van der Waals surface area contributed by atoms with Crippen molar-refractivity contribution in [3.63, 3.8) is 0 Å². The highest BCUT2D eigenvalue weighted by molar-refractivity contribution is 5.87. The Labute approximate surface area is 154 Å². The molecule has 9 heteroatoms. The van der Waals surface area contributed by atoms with Gasteiger partial charge in [0.2, 0.25) is 0 Å². The second kappa shape index (κ2) is 7.56. The van der Waals surface area contributed by atoms with Gasteiger partial charge in [0.15, 0.2) is 11.2 Å². The lowest BCUT2D eigenvalue weighted by molar-refractivity contribution is 0.0485. The number of carbonyl (C=O) groups is 1. The van der Waals surface area contributed by atoms with Crippen LogP contribution in [0.4, 0.5) is 0 Å². The van der Waals surface area contributed by atoms with Crippen molar-refractivity contribution in [2.24, 2.45) is 13.0 Å². The number of fused-ring (bicyclic) bond motifs is 1. The van der Waals surface area contributed by atoms with Gasteiger partial charge in [-0.3, -0.25) is 13.9 Å². The first kappa shape index (κ1) is 18.6. The van der Waals surface area contributed by atoms with Crippen LogP contribution in [-0.2, 0) is 24.9 Å². The fourth-order valence-corrected chi connectivity index (χ4v) is 2.80. The molecule has 9 nitrogen and oxygen atoms in total. The van der Waals surface area contributed by atoms with Crippen molar-refractivity contribution in [2.45, 2.75) is 26.9 Å². The van der Waals surface area contributed by atoms with Crippen molar-refractivity contribution in [2.75, 3.05) is 6.61 Å². The number of imidazole rings is 1. The van der Waals surface area contributed by atoms with Gasteiger partial charge < -0.3 is 9.30 Å². The number of hydrogen-bond acceptors (Lipinski definition) is 6. The fourth-order valence-electron chi connectivity index (χ4n) is 2.80. The molecule has 0 amide bonds. The van der Waals surface area contributed by atoms with Crippen LogP contribution in [0, 0.1) is 5.92 Å². The molecule has 0 aromatic carbocycles. The van der Waals surface area contributed by atoms with E-state index in [-0.39, 0.29) is 24.8 Å². The van der Waals surface area contributed by atoms with E-state index in [0.29, 0.717) is 17.7 Å². The fraction of sp³-hybridized carbons (Fsp3) is 0.389. The van der Waals surface area contributed by atoms with Gasteiger partial charge in [-0.05, 0) is 18.1 Å². The average Bonchev–Trinajstić information content (AvgIpc) is 3.07. The Morgan fingerprint density at radius 2 is 2.00 bits per heavy atom. The maximum atomic E-state index is 12.6. The van der Waals surface area contributed by atoms with Crippen molar-refractivity contribution < 1.29 is 9.53 Å². The standard InChI is InChI=1S/C18H21N5O4/c1-12(2)10-23-15-14(16(24)21(3)18(23)26)22(11-20-15)8-9-27-17(25)13-6-4-5-7-19-13/h4-7,11-12H,8-10H2,1-3H3. The van der Waals surface area contributed by atoms with Crippen molar-refractivity contribution in [1.29, 1.82) is 0 Å². The number of ether oxygens (including phenoxy) is 1. The van der Waals surface area contributed by atoms with Gasteiger partial charge >= 0.3 is 11.7 Å². The third kappa shape index (κ3) is 3.67. The molecule has 3 heterocycles. The summed E-state index contributed by atoms with van der Waals surface area (Å²) in [4.78, 5) is 45.1. The minimum absolute atomic E-state index is 0.0489. The van der Waals surface area contributed by atoms with Gasteiger partial charge in [0.25, 0.3) is 5.56 Å². The van der Waals surface area contributed by atoms with E-state index in [4.69, 9.17) is 4.74 Å². The topological polar surface area (TPSA) is 101 Å². The zero-order valence-corrected chi connectivity index (χ0v) is 15.5. The van der Waals surface area contributed by atoms with Crippen LogP contribution in [0.3, 0.4) is 0 Å². The summed E-state index contributed by atoms with van der Waals surface area (Å²) >= 11 is 0. The molecular formula is C18H21N5O4. The van der Waals surface area contributed by atoms with E-state index < -0.39 is 17.2 Å². The largest absolute Gasteiger partial charge is 0.459 e. The molecule has 27 heavy (non-hydrogen) atoms. The van der Waals surface area contributed by atoms with Gasteiger partial charge in [0.1, 0.15) is 12.3 Å². The molecule has 3 aromatic rings. The molecule has 3 rings (SSSR count). The third-order valence-corrected chi connectivity index (χ3v) is 4.09. The Morgan fingerprint density at radius 1 is 1.22 bits per heavy atom. The Kier molecular flexibility index (Phi) is 5.20. The maximum absolute atomic E-state index is 12.6. The normalized spacial score (nSPS) is 11.3. The van der Waals surface area contributed by atoms with Crippen molar-refractivity contribution in [3.05, 3.63) is 57.3 Å². The third-order valence-electron chi connectivity index (χ3n) is 4.09. The molecule has 0 atom stereocenters. The molecule has 142 valence electrons.